The van der Waals surface area contributed by atoms with Crippen LogP contribution in [0.15, 0.2) is 11.6 Å². The van der Waals surface area contributed by atoms with Gasteiger partial charge in [-0.3, -0.25) is 4.79 Å². The molecule has 16 heteroatoms. The second-order valence-corrected chi connectivity index (χ2v) is 17.3. The van der Waals surface area contributed by atoms with Crippen LogP contribution in [-0.2, 0) is 24.0 Å². The lowest BCUT2D eigenvalue weighted by Gasteiger charge is -2.68. The number of ketones is 1. The van der Waals surface area contributed by atoms with Crippen molar-refractivity contribution in [3.8, 4) is 0 Å². The highest BCUT2D eigenvalue weighted by Gasteiger charge is 2.76. The third kappa shape index (κ3) is 6.40. The summed E-state index contributed by atoms with van der Waals surface area (Å²) >= 11 is 0. The molecule has 0 amide bonds. The fourth-order valence-electron chi connectivity index (χ4n) is 10.9. The number of hydrogen-bond acceptors (Lipinski definition) is 16. The Morgan fingerprint density at radius 3 is 1.82 bits per heavy atom. The van der Waals surface area contributed by atoms with Crippen LogP contribution in [0.4, 0.5) is 0 Å². The minimum absolute atomic E-state index is 0.169. The number of allylic oxidation sites excluding steroid dienone is 1. The van der Waals surface area contributed by atoms with E-state index in [-0.39, 0.29) is 24.8 Å². The zero-order valence-electron chi connectivity index (χ0n) is 29.4. The molecule has 51 heavy (non-hydrogen) atoms. The van der Waals surface area contributed by atoms with E-state index in [0.29, 0.717) is 0 Å². The fourth-order valence-corrected chi connectivity index (χ4v) is 10.9. The van der Waals surface area contributed by atoms with Crippen molar-refractivity contribution in [3.63, 3.8) is 0 Å². The van der Waals surface area contributed by atoms with E-state index < -0.39 is 149 Å². The largest absolute Gasteiger partial charge is 0.550 e. The molecular formula is C35H48O16-4. The number of rotatable bonds is 13. The SMILES string of the molecule is CC(C)(O)CC[C@@](O)(CC(=O)[O-])[C@](C)(O)[C@H]1CCC2(O)C3=CC(=O)[C@@H]4C[C@@](O)(CC(=O)[O-])[C@@](O)(CC(=O)[O-])C[C@]4(C)[C@H]3[C@](O)(CC(=O)[O-])C[C@]12C. The Morgan fingerprint density at radius 1 is 0.804 bits per heavy atom. The molecule has 16 nitrogen and oxygen atoms in total. The van der Waals surface area contributed by atoms with E-state index in [0.717, 1.165) is 13.0 Å². The molecule has 1 unspecified atom stereocenters. The normalized spacial score (nSPS) is 41.6. The second kappa shape index (κ2) is 12.3. The van der Waals surface area contributed by atoms with Crippen molar-refractivity contribution in [1.29, 1.82) is 0 Å². The fraction of sp³-hybridized carbons (Fsp3) is 0.800. The number of carboxylic acid groups (broad SMARTS) is 4. The molecule has 3 saturated carbocycles. The van der Waals surface area contributed by atoms with E-state index in [9.17, 15) is 80.1 Å². The molecule has 0 bridgehead atoms. The summed E-state index contributed by atoms with van der Waals surface area (Å²) in [4.78, 5) is 61.8. The Bertz CT molecular complexity index is 1530. The van der Waals surface area contributed by atoms with Crippen LogP contribution in [-0.4, -0.2) is 105 Å². The average Bonchev–Trinajstić information content (AvgIpc) is 3.17. The van der Waals surface area contributed by atoms with Crippen LogP contribution in [0.5, 0.6) is 0 Å². The van der Waals surface area contributed by atoms with Crippen molar-refractivity contribution in [1.82, 2.24) is 0 Å². The van der Waals surface area contributed by atoms with Crippen LogP contribution in [0, 0.1) is 28.6 Å². The second-order valence-electron chi connectivity index (χ2n) is 17.3. The molecule has 4 aliphatic carbocycles. The lowest BCUT2D eigenvalue weighted by atomic mass is 9.39. The van der Waals surface area contributed by atoms with E-state index in [2.05, 4.69) is 0 Å². The summed E-state index contributed by atoms with van der Waals surface area (Å²) < 4.78 is 0. The highest BCUT2D eigenvalue weighted by molar-refractivity contribution is 5.95. The Kier molecular flexibility index (Phi) is 9.82. The van der Waals surface area contributed by atoms with Crippen LogP contribution in [0.25, 0.3) is 0 Å². The third-order valence-corrected chi connectivity index (χ3v) is 13.2. The quantitative estimate of drug-likeness (QED) is 0.0934. The maximum Gasteiger partial charge on any atom is 0.159 e. The number of carbonyl (C=O) groups excluding carboxylic acids is 5. The predicted octanol–water partition coefficient (Wildman–Crippen LogP) is -5.13. The highest BCUT2D eigenvalue weighted by atomic mass is 16.4. The first-order chi connectivity index (χ1) is 22.9. The van der Waals surface area contributed by atoms with Gasteiger partial charge in [0, 0.05) is 66.8 Å². The lowest BCUT2D eigenvalue weighted by Crippen LogP contribution is -2.74. The van der Waals surface area contributed by atoms with Crippen LogP contribution in [0.3, 0.4) is 0 Å². The third-order valence-electron chi connectivity index (χ3n) is 13.2. The molecule has 0 heterocycles. The van der Waals surface area contributed by atoms with Gasteiger partial charge >= 0.3 is 0 Å². The molecule has 0 spiro atoms. The summed E-state index contributed by atoms with van der Waals surface area (Å²) in [5.41, 5.74) is -20.5. The maximum absolute atomic E-state index is 14.0. The number of hydrogen-bond donors (Lipinski definition) is 7. The number of carbonyl (C=O) groups is 5. The van der Waals surface area contributed by atoms with Gasteiger partial charge in [-0.25, -0.2) is 0 Å². The minimum atomic E-state index is -2.82. The summed E-state index contributed by atoms with van der Waals surface area (Å²) in [6, 6.07) is 0. The molecule has 0 aromatic rings. The van der Waals surface area contributed by atoms with E-state index in [1.807, 2.05) is 0 Å². The van der Waals surface area contributed by atoms with Gasteiger partial charge in [0.1, 0.15) is 0 Å². The molecule has 288 valence electrons. The maximum atomic E-state index is 14.0. The van der Waals surface area contributed by atoms with Crippen molar-refractivity contribution in [2.45, 2.75) is 144 Å². The summed E-state index contributed by atoms with van der Waals surface area (Å²) in [7, 11) is 0. The first-order valence-corrected chi connectivity index (χ1v) is 17.0. The molecule has 4 aliphatic rings. The smallest absolute Gasteiger partial charge is 0.159 e. The van der Waals surface area contributed by atoms with Gasteiger partial charge in [0.25, 0.3) is 0 Å². The Morgan fingerprint density at radius 2 is 1.33 bits per heavy atom. The van der Waals surface area contributed by atoms with Gasteiger partial charge in [-0.2, -0.15) is 0 Å². The van der Waals surface area contributed by atoms with Gasteiger partial charge in [0.2, 0.25) is 0 Å². The van der Waals surface area contributed by atoms with Crippen molar-refractivity contribution >= 4 is 29.7 Å². The molecule has 0 saturated heterocycles. The molecule has 4 rings (SSSR count). The van der Waals surface area contributed by atoms with E-state index in [1.54, 1.807) is 0 Å². The molecule has 0 aliphatic heterocycles. The summed E-state index contributed by atoms with van der Waals surface area (Å²) in [5.74, 6) is -12.5. The van der Waals surface area contributed by atoms with Gasteiger partial charge in [0.15, 0.2) is 5.78 Å². The van der Waals surface area contributed by atoms with E-state index in [4.69, 9.17) is 0 Å². The van der Waals surface area contributed by atoms with Crippen LogP contribution >= 0.6 is 0 Å². The summed E-state index contributed by atoms with van der Waals surface area (Å²) in [5, 5.41) is 131. The predicted molar refractivity (Wildman–Crippen MR) is 162 cm³/mol. The van der Waals surface area contributed by atoms with Gasteiger partial charge in [-0.15, -0.1) is 0 Å². The molecule has 11 atom stereocenters. The number of aliphatic carboxylic acids is 4. The van der Waals surface area contributed by atoms with Crippen molar-refractivity contribution in [2.75, 3.05) is 0 Å². The minimum Gasteiger partial charge on any atom is -0.550 e. The Labute approximate surface area is 294 Å². The lowest BCUT2D eigenvalue weighted by molar-refractivity contribution is -0.329. The molecule has 0 radical (unpaired) electrons. The van der Waals surface area contributed by atoms with Gasteiger partial charge in [0.05, 0.1) is 39.2 Å². The molecule has 0 aromatic carbocycles. The summed E-state index contributed by atoms with van der Waals surface area (Å²) in [6.07, 6.45) is -7.46. The average molecular weight is 725 g/mol. The first-order valence-electron chi connectivity index (χ1n) is 17.0. The van der Waals surface area contributed by atoms with Gasteiger partial charge in [-0.1, -0.05) is 13.8 Å². The molecule has 7 N–H and O–H groups in total. The number of fused-ring (bicyclic) bond motifs is 5. The highest BCUT2D eigenvalue weighted by Crippen LogP contribution is 2.73. The molecule has 3 fully saturated rings. The Balaban J connectivity index is 1.95. The van der Waals surface area contributed by atoms with E-state index in [1.165, 1.54) is 27.7 Å². The van der Waals surface area contributed by atoms with Gasteiger partial charge < -0.3 is 75.3 Å². The van der Waals surface area contributed by atoms with Crippen LogP contribution in [0.1, 0.15) is 105 Å². The zero-order chi connectivity index (χ0) is 39.2. The van der Waals surface area contributed by atoms with Gasteiger partial charge in [-0.05, 0) is 88.7 Å². The summed E-state index contributed by atoms with van der Waals surface area (Å²) in [6.45, 7) is 6.64. The van der Waals surface area contributed by atoms with Crippen molar-refractivity contribution in [3.05, 3.63) is 11.6 Å². The van der Waals surface area contributed by atoms with Crippen LogP contribution in [0.2, 0.25) is 0 Å². The molecular weight excluding hydrogens is 676 g/mol. The number of carboxylic acids is 4. The topological polar surface area (TPSA) is 319 Å². The standard InChI is InChI=1S/C35H52O16/c1-27(2,45)8-9-32(48,13-23(39)40)30(5,46)21-6-7-35(51)18-10-20(36)19-11-33(49,14-24(41)42)34(50,15-25(43)44)16-28(19,3)26(18)31(47,12-22(37)38)17-29(21,35)4/h10,19,21,26,45-51H,6-9,11-17H2,1-5H3,(H,37,38)(H,39,40)(H,41,42)(H,43,44)/p-4/t19-,21-,26-,28-,29+,30+,31-,32+,33+,34+,35?/m0/s1. The van der Waals surface area contributed by atoms with Crippen molar-refractivity contribution < 1.29 is 80.1 Å². The van der Waals surface area contributed by atoms with Crippen LogP contribution < -0.4 is 20.4 Å². The van der Waals surface area contributed by atoms with E-state index >= 15 is 0 Å². The molecule has 0 aromatic heterocycles. The monoisotopic (exact) mass is 724 g/mol. The number of aliphatic hydroxyl groups is 7. The zero-order valence-corrected chi connectivity index (χ0v) is 29.4. The Hall–Kier alpha value is -2.99. The first kappa shape index (κ1) is 40.8. The van der Waals surface area contributed by atoms with Crippen molar-refractivity contribution in [2.24, 2.45) is 28.6 Å².